The molecule has 1 heterocycles. The first-order chi connectivity index (χ1) is 20.7. The van der Waals surface area contributed by atoms with E-state index in [0.717, 1.165) is 44.6 Å². The number of fused-ring (bicyclic) bond motifs is 1. The highest BCUT2D eigenvalue weighted by Crippen LogP contribution is 2.26. The van der Waals surface area contributed by atoms with Crippen LogP contribution in [0, 0.1) is 0 Å². The number of para-hydroxylation sites is 1. The molecule has 0 unspecified atom stereocenters. The molecule has 0 saturated heterocycles. The molecule has 42 heavy (non-hydrogen) atoms. The van der Waals surface area contributed by atoms with E-state index in [0.29, 0.717) is 12.4 Å². The van der Waals surface area contributed by atoms with Crippen LogP contribution in [0.4, 0.5) is 0 Å². The molecule has 0 aliphatic heterocycles. The van der Waals surface area contributed by atoms with Gasteiger partial charge in [0.15, 0.2) is 6.61 Å². The van der Waals surface area contributed by atoms with Crippen molar-refractivity contribution in [3.05, 3.63) is 145 Å². The number of benzene rings is 5. The van der Waals surface area contributed by atoms with E-state index in [1.807, 2.05) is 134 Å². The molecule has 0 radical (unpaired) electrons. The minimum absolute atomic E-state index is 0.156. The van der Waals surface area contributed by atoms with E-state index in [1.54, 1.807) is 10.9 Å². The van der Waals surface area contributed by atoms with Gasteiger partial charge in [-0.3, -0.25) is 4.79 Å². The first-order valence-electron chi connectivity index (χ1n) is 13.6. The molecule has 1 N–H and O–H groups in total. The lowest BCUT2D eigenvalue weighted by molar-refractivity contribution is -0.123. The Morgan fingerprint density at radius 1 is 0.762 bits per heavy atom. The van der Waals surface area contributed by atoms with E-state index < -0.39 is 0 Å². The Kier molecular flexibility index (Phi) is 7.99. The largest absolute Gasteiger partial charge is 0.489 e. The molecule has 5 aromatic carbocycles. The van der Waals surface area contributed by atoms with Gasteiger partial charge in [0, 0.05) is 17.3 Å². The van der Waals surface area contributed by atoms with Crippen molar-refractivity contribution < 1.29 is 14.3 Å². The normalized spacial score (nSPS) is 11.0. The van der Waals surface area contributed by atoms with E-state index >= 15 is 0 Å². The summed E-state index contributed by atoms with van der Waals surface area (Å²) in [6.07, 6.45) is 3.47. The van der Waals surface area contributed by atoms with Crippen molar-refractivity contribution >= 4 is 22.9 Å². The van der Waals surface area contributed by atoms with Gasteiger partial charge in [0.25, 0.3) is 5.91 Å². The standard InChI is InChI=1S/C35H28N4O3/c40-34(25-42-33-20-15-27-11-7-8-12-29(27)21-33)37-36-22-30-23-39(31-13-5-2-6-14-31)38-35(30)28-16-18-32(19-17-28)41-24-26-9-3-1-4-10-26/h1-23H,24-25H2,(H,37,40). The average molecular weight is 553 g/mol. The van der Waals surface area contributed by atoms with Gasteiger partial charge in [-0.25, -0.2) is 10.1 Å². The van der Waals surface area contributed by atoms with Gasteiger partial charge in [0.1, 0.15) is 23.8 Å². The maximum absolute atomic E-state index is 12.5. The second kappa shape index (κ2) is 12.7. The van der Waals surface area contributed by atoms with Gasteiger partial charge >= 0.3 is 0 Å². The quantitative estimate of drug-likeness (QED) is 0.150. The first-order valence-corrected chi connectivity index (χ1v) is 13.6. The summed E-state index contributed by atoms with van der Waals surface area (Å²) in [7, 11) is 0. The molecule has 7 heteroatoms. The summed E-state index contributed by atoms with van der Waals surface area (Å²) in [4.78, 5) is 12.5. The molecule has 206 valence electrons. The van der Waals surface area contributed by atoms with Crippen molar-refractivity contribution in [3.63, 3.8) is 0 Å². The lowest BCUT2D eigenvalue weighted by Gasteiger charge is -2.07. The monoisotopic (exact) mass is 552 g/mol. The number of rotatable bonds is 10. The molecular weight excluding hydrogens is 524 g/mol. The van der Waals surface area contributed by atoms with Gasteiger partial charge in [0.05, 0.1) is 11.9 Å². The molecule has 0 aliphatic rings. The van der Waals surface area contributed by atoms with Crippen molar-refractivity contribution in [1.82, 2.24) is 15.2 Å². The zero-order valence-electron chi connectivity index (χ0n) is 22.8. The first kappa shape index (κ1) is 26.5. The predicted molar refractivity (Wildman–Crippen MR) is 165 cm³/mol. The molecule has 0 atom stereocenters. The average Bonchev–Trinajstić information content (AvgIpc) is 3.48. The van der Waals surface area contributed by atoms with E-state index in [1.165, 1.54) is 0 Å². The second-order valence-corrected chi connectivity index (χ2v) is 9.60. The van der Waals surface area contributed by atoms with Crippen LogP contribution in [0.2, 0.25) is 0 Å². The van der Waals surface area contributed by atoms with Crippen LogP contribution in [-0.4, -0.2) is 28.5 Å². The zero-order valence-corrected chi connectivity index (χ0v) is 22.8. The zero-order chi connectivity index (χ0) is 28.6. The van der Waals surface area contributed by atoms with Crippen molar-refractivity contribution in [1.29, 1.82) is 0 Å². The summed E-state index contributed by atoms with van der Waals surface area (Å²) in [5, 5.41) is 11.2. The summed E-state index contributed by atoms with van der Waals surface area (Å²) in [6, 6.07) is 41.4. The summed E-state index contributed by atoms with van der Waals surface area (Å²) < 4.78 is 13.4. The Bertz CT molecular complexity index is 1810. The summed E-state index contributed by atoms with van der Waals surface area (Å²) in [5.41, 5.74) is 6.93. The molecule has 6 rings (SSSR count). The minimum atomic E-state index is -0.365. The van der Waals surface area contributed by atoms with E-state index in [4.69, 9.17) is 14.6 Å². The molecule has 1 amide bonds. The fourth-order valence-corrected chi connectivity index (χ4v) is 4.48. The highest BCUT2D eigenvalue weighted by Gasteiger charge is 2.12. The molecule has 0 spiro atoms. The number of hydrogen-bond donors (Lipinski definition) is 1. The van der Waals surface area contributed by atoms with Crippen LogP contribution in [-0.2, 0) is 11.4 Å². The van der Waals surface area contributed by atoms with Crippen LogP contribution in [0.5, 0.6) is 11.5 Å². The van der Waals surface area contributed by atoms with Crippen molar-refractivity contribution in [2.45, 2.75) is 6.61 Å². The molecule has 0 saturated carbocycles. The number of aromatic nitrogens is 2. The van der Waals surface area contributed by atoms with Crippen LogP contribution in [0.25, 0.3) is 27.7 Å². The molecule has 7 nitrogen and oxygen atoms in total. The smallest absolute Gasteiger partial charge is 0.277 e. The maximum atomic E-state index is 12.5. The van der Waals surface area contributed by atoms with Crippen LogP contribution < -0.4 is 14.9 Å². The lowest BCUT2D eigenvalue weighted by Crippen LogP contribution is -2.24. The number of amides is 1. The Labute approximate surface area is 243 Å². The number of carbonyl (C=O) groups is 1. The number of carbonyl (C=O) groups excluding carboxylic acids is 1. The van der Waals surface area contributed by atoms with Gasteiger partial charge in [-0.05, 0) is 64.9 Å². The van der Waals surface area contributed by atoms with Gasteiger partial charge in [-0.1, -0.05) is 78.9 Å². The third-order valence-electron chi connectivity index (χ3n) is 6.62. The summed E-state index contributed by atoms with van der Waals surface area (Å²) in [5.74, 6) is 1.02. The van der Waals surface area contributed by atoms with Crippen LogP contribution in [0.1, 0.15) is 11.1 Å². The second-order valence-electron chi connectivity index (χ2n) is 9.60. The third-order valence-corrected chi connectivity index (χ3v) is 6.62. The van der Waals surface area contributed by atoms with Gasteiger partial charge in [-0.2, -0.15) is 10.2 Å². The third kappa shape index (κ3) is 6.54. The number of nitrogens with zero attached hydrogens (tertiary/aromatic N) is 3. The van der Waals surface area contributed by atoms with E-state index in [2.05, 4.69) is 10.5 Å². The molecule has 6 aromatic rings. The molecule has 0 bridgehead atoms. The summed E-state index contributed by atoms with van der Waals surface area (Å²) in [6.45, 7) is 0.335. The van der Waals surface area contributed by atoms with Gasteiger partial charge in [0.2, 0.25) is 0 Å². The lowest BCUT2D eigenvalue weighted by atomic mass is 10.1. The van der Waals surface area contributed by atoms with E-state index in [-0.39, 0.29) is 12.5 Å². The van der Waals surface area contributed by atoms with Crippen molar-refractivity contribution in [2.75, 3.05) is 6.61 Å². The number of hydrazone groups is 1. The van der Waals surface area contributed by atoms with Gasteiger partial charge < -0.3 is 9.47 Å². The van der Waals surface area contributed by atoms with Crippen LogP contribution in [0.15, 0.2) is 139 Å². The highest BCUT2D eigenvalue weighted by atomic mass is 16.5. The number of hydrogen-bond acceptors (Lipinski definition) is 5. The summed E-state index contributed by atoms with van der Waals surface area (Å²) >= 11 is 0. The Morgan fingerprint density at radius 3 is 2.24 bits per heavy atom. The van der Waals surface area contributed by atoms with Crippen LogP contribution >= 0.6 is 0 Å². The SMILES string of the molecule is O=C(COc1ccc2ccccc2c1)NN=Cc1cn(-c2ccccc2)nc1-c1ccc(OCc2ccccc2)cc1. The number of ether oxygens (including phenoxy) is 2. The topological polar surface area (TPSA) is 77.7 Å². The Morgan fingerprint density at radius 2 is 1.45 bits per heavy atom. The van der Waals surface area contributed by atoms with E-state index in [9.17, 15) is 4.79 Å². The Balaban J connectivity index is 1.14. The number of nitrogens with one attached hydrogen (secondary N) is 1. The van der Waals surface area contributed by atoms with Crippen molar-refractivity contribution in [2.24, 2.45) is 5.10 Å². The van der Waals surface area contributed by atoms with Crippen molar-refractivity contribution in [3.8, 4) is 28.4 Å². The van der Waals surface area contributed by atoms with Gasteiger partial charge in [-0.15, -0.1) is 0 Å². The molecular formula is C35H28N4O3. The predicted octanol–water partition coefficient (Wildman–Crippen LogP) is 6.80. The van der Waals surface area contributed by atoms with Crippen LogP contribution in [0.3, 0.4) is 0 Å². The highest BCUT2D eigenvalue weighted by molar-refractivity contribution is 5.90. The minimum Gasteiger partial charge on any atom is -0.489 e. The molecule has 1 aromatic heterocycles. The fourth-order valence-electron chi connectivity index (χ4n) is 4.48. The fraction of sp³-hybridized carbons (Fsp3) is 0.0571. The Hall–Kier alpha value is -5.69. The molecule has 0 aliphatic carbocycles. The maximum Gasteiger partial charge on any atom is 0.277 e. The molecule has 0 fully saturated rings.